The van der Waals surface area contributed by atoms with Gasteiger partial charge in [-0.25, -0.2) is 0 Å². The predicted molar refractivity (Wildman–Crippen MR) is 65.6 cm³/mol. The van der Waals surface area contributed by atoms with Gasteiger partial charge in [0, 0.05) is 13.1 Å². The van der Waals surface area contributed by atoms with E-state index in [1.54, 1.807) is 6.26 Å². The summed E-state index contributed by atoms with van der Waals surface area (Å²) in [5.41, 5.74) is 0. The molecule has 0 bridgehead atoms. The van der Waals surface area contributed by atoms with E-state index >= 15 is 0 Å². The van der Waals surface area contributed by atoms with Crippen molar-refractivity contribution in [2.75, 3.05) is 13.1 Å². The van der Waals surface area contributed by atoms with Gasteiger partial charge in [-0.05, 0) is 31.3 Å². The van der Waals surface area contributed by atoms with Crippen molar-refractivity contribution in [3.63, 3.8) is 0 Å². The summed E-state index contributed by atoms with van der Waals surface area (Å²) in [4.78, 5) is 1.93. The number of hydrogen-bond donors (Lipinski definition) is 1. The molecule has 86 valence electrons. The molecule has 0 aliphatic heterocycles. The van der Waals surface area contributed by atoms with Gasteiger partial charge in [-0.3, -0.25) is 0 Å². The van der Waals surface area contributed by atoms with E-state index in [4.69, 9.17) is 21.9 Å². The Bertz CT molecular complexity index is 356. The Morgan fingerprint density at radius 2 is 2.50 bits per heavy atom. The van der Waals surface area contributed by atoms with Crippen LogP contribution < -0.4 is 5.32 Å². The maximum Gasteiger partial charge on any atom is 0.169 e. The monoisotopic (exact) mass is 237 g/mol. The number of hydrogen-bond acceptors (Lipinski definition) is 3. The van der Waals surface area contributed by atoms with Crippen LogP contribution in [0.1, 0.15) is 19.1 Å². The van der Waals surface area contributed by atoms with Crippen LogP contribution in [0.25, 0.3) is 0 Å². The molecule has 0 aliphatic carbocycles. The third-order valence-electron chi connectivity index (χ3n) is 2.04. The van der Waals surface area contributed by atoms with Gasteiger partial charge in [-0.2, -0.15) is 5.26 Å². The number of nitrogens with zero attached hydrogens (tertiary/aromatic N) is 2. The lowest BCUT2D eigenvalue weighted by atomic mass is 10.3. The smallest absolute Gasteiger partial charge is 0.169 e. The summed E-state index contributed by atoms with van der Waals surface area (Å²) in [6.45, 7) is 3.98. The molecule has 1 heterocycles. The topological polar surface area (TPSA) is 52.2 Å². The van der Waals surface area contributed by atoms with Crippen molar-refractivity contribution in [3.8, 4) is 6.07 Å². The fourth-order valence-corrected chi connectivity index (χ4v) is 1.59. The molecule has 5 heteroatoms. The van der Waals surface area contributed by atoms with Gasteiger partial charge >= 0.3 is 0 Å². The van der Waals surface area contributed by atoms with Gasteiger partial charge in [0.05, 0.1) is 25.3 Å². The van der Waals surface area contributed by atoms with Crippen LogP contribution in [-0.4, -0.2) is 23.1 Å². The van der Waals surface area contributed by atoms with Crippen LogP contribution in [0.2, 0.25) is 0 Å². The Labute approximate surface area is 101 Å². The van der Waals surface area contributed by atoms with Gasteiger partial charge in [0.15, 0.2) is 5.11 Å². The molecule has 0 unspecified atom stereocenters. The van der Waals surface area contributed by atoms with Crippen LogP contribution in [-0.2, 0) is 6.54 Å². The summed E-state index contributed by atoms with van der Waals surface area (Å²) in [6.07, 6.45) is 2.08. The van der Waals surface area contributed by atoms with Crippen molar-refractivity contribution >= 4 is 17.3 Å². The molecule has 0 aliphatic rings. The van der Waals surface area contributed by atoms with Crippen molar-refractivity contribution < 1.29 is 4.42 Å². The van der Waals surface area contributed by atoms with Crippen LogP contribution in [0.3, 0.4) is 0 Å². The fraction of sp³-hybridized carbons (Fsp3) is 0.455. The Hall–Kier alpha value is -1.54. The second-order valence-corrected chi connectivity index (χ2v) is 3.63. The van der Waals surface area contributed by atoms with Crippen molar-refractivity contribution in [1.29, 1.82) is 5.26 Å². The van der Waals surface area contributed by atoms with Crippen LogP contribution >= 0.6 is 12.2 Å². The fourth-order valence-electron chi connectivity index (χ4n) is 1.29. The lowest BCUT2D eigenvalue weighted by molar-refractivity contribution is 0.363. The zero-order chi connectivity index (χ0) is 11.8. The minimum absolute atomic E-state index is 0.451. The molecule has 0 saturated heterocycles. The molecule has 0 aromatic carbocycles. The van der Waals surface area contributed by atoms with Crippen molar-refractivity contribution in [1.82, 2.24) is 10.2 Å². The van der Waals surface area contributed by atoms with Crippen LogP contribution in [0.15, 0.2) is 22.8 Å². The minimum atomic E-state index is 0.451. The molecule has 0 saturated carbocycles. The van der Waals surface area contributed by atoms with E-state index in [1.807, 2.05) is 24.0 Å². The molecule has 1 N–H and O–H groups in total. The largest absolute Gasteiger partial charge is 0.467 e. The number of thiocarbonyl (C=S) groups is 1. The van der Waals surface area contributed by atoms with E-state index in [0.717, 1.165) is 12.3 Å². The molecule has 16 heavy (non-hydrogen) atoms. The van der Waals surface area contributed by atoms with Crippen molar-refractivity contribution in [3.05, 3.63) is 24.2 Å². The summed E-state index contributed by atoms with van der Waals surface area (Å²) < 4.78 is 5.26. The van der Waals surface area contributed by atoms with E-state index in [2.05, 4.69) is 11.4 Å². The SMILES string of the molecule is CCNC(=S)N(CCC#N)Cc1ccco1. The summed E-state index contributed by atoms with van der Waals surface area (Å²) in [6, 6.07) is 5.85. The van der Waals surface area contributed by atoms with Gasteiger partial charge < -0.3 is 14.6 Å². The number of nitrogens with one attached hydrogen (secondary N) is 1. The zero-order valence-corrected chi connectivity index (χ0v) is 10.1. The van der Waals surface area contributed by atoms with Crippen LogP contribution in [0.5, 0.6) is 0 Å². The van der Waals surface area contributed by atoms with E-state index in [1.165, 1.54) is 0 Å². The Kier molecular flexibility index (Phi) is 5.37. The molecule has 0 atom stereocenters. The standard InChI is InChI=1S/C11H15N3OS/c1-2-13-11(16)14(7-4-6-12)9-10-5-3-8-15-10/h3,5,8H,2,4,7,9H2,1H3,(H,13,16). The molecule has 1 rings (SSSR count). The lowest BCUT2D eigenvalue weighted by Crippen LogP contribution is -2.39. The summed E-state index contributed by atoms with van der Waals surface area (Å²) in [5, 5.41) is 12.3. The number of rotatable bonds is 5. The normalized spacial score (nSPS) is 9.50. The van der Waals surface area contributed by atoms with Gasteiger partial charge in [0.1, 0.15) is 5.76 Å². The molecule has 0 spiro atoms. The van der Waals surface area contributed by atoms with Crippen LogP contribution in [0, 0.1) is 11.3 Å². The van der Waals surface area contributed by atoms with Crippen molar-refractivity contribution in [2.45, 2.75) is 19.9 Å². The quantitative estimate of drug-likeness (QED) is 0.793. The average Bonchev–Trinajstić information content (AvgIpc) is 2.77. The van der Waals surface area contributed by atoms with Crippen molar-refractivity contribution in [2.24, 2.45) is 0 Å². The minimum Gasteiger partial charge on any atom is -0.467 e. The highest BCUT2D eigenvalue weighted by molar-refractivity contribution is 7.80. The van der Waals surface area contributed by atoms with Gasteiger partial charge in [0.25, 0.3) is 0 Å². The lowest BCUT2D eigenvalue weighted by Gasteiger charge is -2.23. The molecule has 1 aromatic rings. The molecular weight excluding hydrogens is 222 g/mol. The first-order valence-electron chi connectivity index (χ1n) is 5.20. The molecule has 0 amide bonds. The zero-order valence-electron chi connectivity index (χ0n) is 9.27. The van der Waals surface area contributed by atoms with Crippen LogP contribution in [0.4, 0.5) is 0 Å². The first kappa shape index (κ1) is 12.5. The predicted octanol–water partition coefficient (Wildman–Crippen LogP) is 1.89. The summed E-state index contributed by atoms with van der Waals surface area (Å²) >= 11 is 5.22. The second kappa shape index (κ2) is 6.85. The number of furan rings is 1. The molecular formula is C11H15N3OS. The first-order chi connectivity index (χ1) is 7.77. The Morgan fingerprint density at radius 1 is 1.69 bits per heavy atom. The second-order valence-electron chi connectivity index (χ2n) is 3.24. The average molecular weight is 237 g/mol. The molecule has 0 fully saturated rings. The van der Waals surface area contributed by atoms with E-state index in [0.29, 0.717) is 24.6 Å². The Morgan fingerprint density at radius 3 is 3.06 bits per heavy atom. The maximum absolute atomic E-state index is 8.59. The third kappa shape index (κ3) is 3.91. The highest BCUT2D eigenvalue weighted by atomic mass is 32.1. The van der Waals surface area contributed by atoms with Gasteiger partial charge in [-0.1, -0.05) is 0 Å². The molecule has 0 radical (unpaired) electrons. The van der Waals surface area contributed by atoms with E-state index < -0.39 is 0 Å². The third-order valence-corrected chi connectivity index (χ3v) is 2.44. The summed E-state index contributed by atoms with van der Waals surface area (Å²) in [5.74, 6) is 0.846. The van der Waals surface area contributed by atoms with Gasteiger partial charge in [0.2, 0.25) is 0 Å². The van der Waals surface area contributed by atoms with E-state index in [-0.39, 0.29) is 0 Å². The van der Waals surface area contributed by atoms with Gasteiger partial charge in [-0.15, -0.1) is 0 Å². The molecule has 1 aromatic heterocycles. The molecule has 4 nitrogen and oxygen atoms in total. The Balaban J connectivity index is 2.56. The first-order valence-corrected chi connectivity index (χ1v) is 5.60. The van der Waals surface area contributed by atoms with E-state index in [9.17, 15) is 0 Å². The maximum atomic E-state index is 8.59. The highest BCUT2D eigenvalue weighted by Gasteiger charge is 2.10. The highest BCUT2D eigenvalue weighted by Crippen LogP contribution is 2.06. The number of nitriles is 1. The summed E-state index contributed by atoms with van der Waals surface area (Å²) in [7, 11) is 0.